The van der Waals surface area contributed by atoms with E-state index in [1.165, 1.54) is 13.0 Å². The van der Waals surface area contributed by atoms with Crippen LogP contribution in [0, 0.1) is 5.92 Å². The van der Waals surface area contributed by atoms with Gasteiger partial charge in [0.15, 0.2) is 5.82 Å². The van der Waals surface area contributed by atoms with E-state index in [4.69, 9.17) is 9.26 Å². The Morgan fingerprint density at radius 2 is 2.47 bits per heavy atom. The van der Waals surface area contributed by atoms with E-state index in [1.807, 2.05) is 0 Å². The Balaban J connectivity index is 1.56. The number of likely N-dealkylation sites (tertiary alicyclic amines) is 1. The van der Waals surface area contributed by atoms with Gasteiger partial charge in [-0.2, -0.15) is 4.98 Å². The van der Waals surface area contributed by atoms with Crippen LogP contribution < -0.4 is 5.32 Å². The van der Waals surface area contributed by atoms with E-state index >= 15 is 0 Å². The highest BCUT2D eigenvalue weighted by Crippen LogP contribution is 2.25. The van der Waals surface area contributed by atoms with Gasteiger partial charge in [0.1, 0.15) is 6.61 Å². The van der Waals surface area contributed by atoms with Gasteiger partial charge in [-0.15, -0.1) is 0 Å². The van der Waals surface area contributed by atoms with Crippen LogP contribution >= 0.6 is 0 Å². The van der Waals surface area contributed by atoms with Gasteiger partial charge >= 0.3 is 0 Å². The molecule has 0 amide bonds. The Morgan fingerprint density at radius 1 is 1.53 bits per heavy atom. The van der Waals surface area contributed by atoms with E-state index in [-0.39, 0.29) is 0 Å². The summed E-state index contributed by atoms with van der Waals surface area (Å²) in [6, 6.07) is 0.667. The predicted octanol–water partition coefficient (Wildman–Crippen LogP) is 0.00970. The fourth-order valence-corrected chi connectivity index (χ4v) is 2.80. The predicted molar refractivity (Wildman–Crippen MR) is 60.2 cm³/mol. The normalized spacial score (nSPS) is 28.8. The molecule has 0 aliphatic carbocycles. The number of fused-ring (bicyclic) bond motifs is 1. The Labute approximate surface area is 100 Å². The minimum absolute atomic E-state index is 0.389. The molecular weight excluding hydrogens is 220 g/mol. The van der Waals surface area contributed by atoms with E-state index in [0.29, 0.717) is 18.5 Å². The fourth-order valence-electron chi connectivity index (χ4n) is 2.80. The van der Waals surface area contributed by atoms with E-state index in [2.05, 4.69) is 20.4 Å². The summed E-state index contributed by atoms with van der Waals surface area (Å²) < 4.78 is 10.0. The van der Waals surface area contributed by atoms with Crippen LogP contribution in [-0.4, -0.2) is 47.8 Å². The highest BCUT2D eigenvalue weighted by Gasteiger charge is 2.36. The molecule has 2 saturated heterocycles. The Morgan fingerprint density at radius 3 is 3.29 bits per heavy atom. The van der Waals surface area contributed by atoms with Crippen LogP contribution in [0.4, 0.5) is 0 Å². The number of aromatic nitrogens is 2. The lowest BCUT2D eigenvalue weighted by Gasteiger charge is -2.13. The molecule has 17 heavy (non-hydrogen) atoms. The first-order chi connectivity index (χ1) is 8.35. The minimum Gasteiger partial charge on any atom is -0.375 e. The maximum Gasteiger partial charge on any atom is 0.252 e. The topological polar surface area (TPSA) is 63.4 Å². The maximum atomic E-state index is 5.08. The molecule has 94 valence electrons. The third-order valence-corrected chi connectivity index (χ3v) is 3.58. The average molecular weight is 238 g/mol. The van der Waals surface area contributed by atoms with Crippen LogP contribution in [0.1, 0.15) is 18.1 Å². The first-order valence-electron chi connectivity index (χ1n) is 6.11. The van der Waals surface area contributed by atoms with Gasteiger partial charge in [-0.05, 0) is 18.9 Å². The third kappa shape index (κ3) is 2.34. The van der Waals surface area contributed by atoms with Crippen LogP contribution in [0.3, 0.4) is 0 Å². The number of nitrogens with zero attached hydrogens (tertiary/aromatic N) is 3. The zero-order valence-electron chi connectivity index (χ0n) is 10.1. The van der Waals surface area contributed by atoms with Crippen LogP contribution in [0.25, 0.3) is 0 Å². The molecule has 1 aromatic rings. The summed E-state index contributed by atoms with van der Waals surface area (Å²) in [5.41, 5.74) is 0. The van der Waals surface area contributed by atoms with Crippen molar-refractivity contribution in [2.75, 3.05) is 26.7 Å². The summed E-state index contributed by atoms with van der Waals surface area (Å²) in [5.74, 6) is 2.12. The van der Waals surface area contributed by atoms with E-state index < -0.39 is 0 Å². The van der Waals surface area contributed by atoms with Gasteiger partial charge in [0.05, 0.1) is 6.54 Å². The molecule has 0 bridgehead atoms. The molecule has 3 rings (SSSR count). The lowest BCUT2D eigenvalue weighted by Crippen LogP contribution is -2.30. The molecule has 3 heterocycles. The van der Waals surface area contributed by atoms with Crippen molar-refractivity contribution < 1.29 is 9.26 Å². The molecule has 0 saturated carbocycles. The van der Waals surface area contributed by atoms with E-state index in [0.717, 1.165) is 31.4 Å². The molecule has 2 aliphatic rings. The second-order valence-electron chi connectivity index (χ2n) is 4.84. The van der Waals surface area contributed by atoms with Crippen LogP contribution in [0.5, 0.6) is 0 Å². The van der Waals surface area contributed by atoms with E-state index in [9.17, 15) is 0 Å². The van der Waals surface area contributed by atoms with Gasteiger partial charge in [0, 0.05) is 26.2 Å². The molecule has 2 fully saturated rings. The molecule has 1 N–H and O–H groups in total. The molecular formula is C11H18N4O2. The van der Waals surface area contributed by atoms with Crippen LogP contribution in [-0.2, 0) is 17.9 Å². The molecule has 0 aromatic carbocycles. The second-order valence-corrected chi connectivity index (χ2v) is 4.84. The molecule has 6 heteroatoms. The van der Waals surface area contributed by atoms with Crippen LogP contribution in [0.2, 0.25) is 0 Å². The van der Waals surface area contributed by atoms with Crippen molar-refractivity contribution in [2.45, 2.75) is 25.6 Å². The lowest BCUT2D eigenvalue weighted by atomic mass is 10.1. The zero-order valence-corrected chi connectivity index (χ0v) is 10.1. The summed E-state index contributed by atoms with van der Waals surface area (Å²) in [6.45, 7) is 4.58. The van der Waals surface area contributed by atoms with Gasteiger partial charge in [-0.1, -0.05) is 5.16 Å². The monoisotopic (exact) mass is 238 g/mol. The highest BCUT2D eigenvalue weighted by atomic mass is 16.5. The first kappa shape index (κ1) is 11.1. The lowest BCUT2D eigenvalue weighted by molar-refractivity contribution is 0.151. The first-order valence-corrected chi connectivity index (χ1v) is 6.11. The van der Waals surface area contributed by atoms with Crippen molar-refractivity contribution in [2.24, 2.45) is 5.92 Å². The van der Waals surface area contributed by atoms with Crippen molar-refractivity contribution in [3.63, 3.8) is 0 Å². The summed E-state index contributed by atoms with van der Waals surface area (Å²) in [7, 11) is 1.62. The van der Waals surface area contributed by atoms with Gasteiger partial charge in [0.2, 0.25) is 0 Å². The van der Waals surface area contributed by atoms with Gasteiger partial charge in [-0.25, -0.2) is 0 Å². The van der Waals surface area contributed by atoms with Gasteiger partial charge in [0.25, 0.3) is 5.89 Å². The fraction of sp³-hybridized carbons (Fsp3) is 0.818. The number of rotatable bonds is 4. The number of ether oxygens (including phenoxy) is 1. The van der Waals surface area contributed by atoms with Crippen molar-refractivity contribution in [3.8, 4) is 0 Å². The minimum atomic E-state index is 0.389. The molecule has 1 aromatic heterocycles. The third-order valence-electron chi connectivity index (χ3n) is 3.58. The summed E-state index contributed by atoms with van der Waals surface area (Å²) >= 11 is 0. The molecule has 0 radical (unpaired) electrons. The maximum absolute atomic E-state index is 5.08. The Kier molecular flexibility index (Phi) is 3.09. The smallest absolute Gasteiger partial charge is 0.252 e. The quantitative estimate of drug-likeness (QED) is 0.797. The largest absolute Gasteiger partial charge is 0.375 e. The molecule has 2 atom stereocenters. The van der Waals surface area contributed by atoms with Gasteiger partial charge in [-0.3, -0.25) is 4.90 Å². The Bertz CT molecular complexity index is 369. The number of methoxy groups -OCH3 is 1. The molecule has 2 aliphatic heterocycles. The highest BCUT2D eigenvalue weighted by molar-refractivity contribution is 4.96. The summed E-state index contributed by atoms with van der Waals surface area (Å²) in [4.78, 5) is 6.68. The van der Waals surface area contributed by atoms with E-state index in [1.54, 1.807) is 7.11 Å². The number of nitrogens with one attached hydrogen (secondary N) is 1. The number of hydrogen-bond donors (Lipinski definition) is 1. The zero-order chi connectivity index (χ0) is 11.7. The standard InChI is InChI=1S/C11H18N4O2/c1-16-7-11-13-10(14-17-11)6-15-4-8-2-3-12-9(8)5-15/h8-9,12H,2-7H2,1H3/t8-,9+/m0/s1. The van der Waals surface area contributed by atoms with Crippen molar-refractivity contribution >= 4 is 0 Å². The molecule has 6 nitrogen and oxygen atoms in total. The van der Waals surface area contributed by atoms with Gasteiger partial charge < -0.3 is 14.6 Å². The van der Waals surface area contributed by atoms with Crippen molar-refractivity contribution in [1.29, 1.82) is 0 Å². The summed E-state index contributed by atoms with van der Waals surface area (Å²) in [5, 5.41) is 7.50. The van der Waals surface area contributed by atoms with Crippen LogP contribution in [0.15, 0.2) is 4.52 Å². The Hall–Kier alpha value is -0.980. The molecule has 0 unspecified atom stereocenters. The summed E-state index contributed by atoms with van der Waals surface area (Å²) in [6.07, 6.45) is 1.29. The van der Waals surface area contributed by atoms with Crippen molar-refractivity contribution in [1.82, 2.24) is 20.4 Å². The average Bonchev–Trinajstić information content (AvgIpc) is 2.95. The van der Waals surface area contributed by atoms with Crippen molar-refractivity contribution in [3.05, 3.63) is 11.7 Å². The SMILES string of the molecule is COCc1nc(CN2C[C@@H]3CCN[C@@H]3C2)no1. The number of hydrogen-bond acceptors (Lipinski definition) is 6. The second kappa shape index (κ2) is 4.72. The molecule has 0 spiro atoms.